The molecule has 2 aromatic heterocycles. The molecule has 2 aromatic rings. The summed E-state index contributed by atoms with van der Waals surface area (Å²) in [5.74, 6) is 0.507. The van der Waals surface area contributed by atoms with Crippen LogP contribution < -0.4 is 5.32 Å². The minimum Gasteiger partial charge on any atom is -0.367 e. The van der Waals surface area contributed by atoms with Crippen molar-refractivity contribution >= 4 is 17.3 Å². The molecule has 22 heavy (non-hydrogen) atoms. The molecule has 0 aliphatic heterocycles. The molecule has 0 saturated heterocycles. The van der Waals surface area contributed by atoms with Gasteiger partial charge in [0.05, 0.1) is 0 Å². The number of hydrogen-bond donors (Lipinski definition) is 1. The highest BCUT2D eigenvalue weighted by Crippen LogP contribution is 2.20. The fraction of sp³-hybridized carbons (Fsp3) is 0.467. The van der Waals surface area contributed by atoms with Crippen molar-refractivity contribution in [3.63, 3.8) is 0 Å². The Morgan fingerprint density at radius 2 is 2.23 bits per heavy atom. The van der Waals surface area contributed by atoms with Crippen molar-refractivity contribution in [1.29, 1.82) is 0 Å². The van der Waals surface area contributed by atoms with Crippen LogP contribution in [0.15, 0.2) is 30.0 Å². The molecule has 0 spiro atoms. The maximum atomic E-state index is 10.9. The molecule has 0 aromatic carbocycles. The van der Waals surface area contributed by atoms with Crippen LogP contribution in [0.5, 0.6) is 0 Å². The molecule has 0 atom stereocenters. The quantitative estimate of drug-likeness (QED) is 0.520. The van der Waals surface area contributed by atoms with E-state index >= 15 is 0 Å². The largest absolute Gasteiger partial charge is 0.368 e. The van der Waals surface area contributed by atoms with Crippen molar-refractivity contribution in [2.45, 2.75) is 38.5 Å². The summed E-state index contributed by atoms with van der Waals surface area (Å²) in [6, 6.07) is 3.53. The second-order valence-electron chi connectivity index (χ2n) is 5.50. The summed E-state index contributed by atoms with van der Waals surface area (Å²) in [7, 11) is 0. The summed E-state index contributed by atoms with van der Waals surface area (Å²) >= 11 is 0. The van der Waals surface area contributed by atoms with Crippen molar-refractivity contribution in [2.24, 2.45) is 0 Å². The SMILES string of the molecule is O=[N+]([O-])c1cnc2ccc(NCCC3=CCCCCC3)nn12. The highest BCUT2D eigenvalue weighted by atomic mass is 16.6. The van der Waals surface area contributed by atoms with E-state index in [0.29, 0.717) is 11.5 Å². The molecule has 0 saturated carbocycles. The van der Waals surface area contributed by atoms with Gasteiger partial charge in [-0.1, -0.05) is 27.7 Å². The molecule has 2 heterocycles. The second-order valence-corrected chi connectivity index (χ2v) is 5.50. The van der Waals surface area contributed by atoms with E-state index < -0.39 is 4.92 Å². The first kappa shape index (κ1) is 14.5. The zero-order valence-electron chi connectivity index (χ0n) is 12.4. The van der Waals surface area contributed by atoms with Gasteiger partial charge in [-0.25, -0.2) is 4.98 Å². The number of nitro groups is 1. The average molecular weight is 301 g/mol. The molecule has 7 heteroatoms. The van der Waals surface area contributed by atoms with Gasteiger partial charge in [-0.3, -0.25) is 0 Å². The smallest absolute Gasteiger partial charge is 0.367 e. The number of imidazole rings is 1. The van der Waals surface area contributed by atoms with E-state index in [4.69, 9.17) is 0 Å². The van der Waals surface area contributed by atoms with E-state index in [9.17, 15) is 10.1 Å². The number of aromatic nitrogens is 3. The van der Waals surface area contributed by atoms with Gasteiger partial charge in [0.25, 0.3) is 0 Å². The van der Waals surface area contributed by atoms with E-state index in [0.717, 1.165) is 13.0 Å². The molecule has 116 valence electrons. The van der Waals surface area contributed by atoms with Crippen LogP contribution in [0.4, 0.5) is 11.6 Å². The summed E-state index contributed by atoms with van der Waals surface area (Å²) in [6.07, 6.45) is 10.8. The number of anilines is 1. The Balaban J connectivity index is 1.65. The van der Waals surface area contributed by atoms with Gasteiger partial charge in [0.2, 0.25) is 5.65 Å². The molecule has 1 aliphatic carbocycles. The van der Waals surface area contributed by atoms with Crippen molar-refractivity contribution in [3.05, 3.63) is 40.1 Å². The van der Waals surface area contributed by atoms with Crippen LogP contribution >= 0.6 is 0 Å². The lowest BCUT2D eigenvalue weighted by atomic mass is 10.1. The highest BCUT2D eigenvalue weighted by Gasteiger charge is 2.15. The predicted octanol–water partition coefficient (Wildman–Crippen LogP) is 3.33. The molecule has 0 bridgehead atoms. The maximum absolute atomic E-state index is 10.9. The molecule has 1 aliphatic rings. The van der Waals surface area contributed by atoms with E-state index in [1.54, 1.807) is 12.1 Å². The van der Waals surface area contributed by atoms with Gasteiger partial charge in [-0.15, -0.1) is 0 Å². The topological polar surface area (TPSA) is 85.4 Å². The van der Waals surface area contributed by atoms with Crippen LogP contribution in [0.2, 0.25) is 0 Å². The minimum absolute atomic E-state index is 0.120. The Kier molecular flexibility index (Phi) is 4.32. The van der Waals surface area contributed by atoms with Gasteiger partial charge < -0.3 is 15.4 Å². The Hall–Kier alpha value is -2.44. The molecule has 0 fully saturated rings. The van der Waals surface area contributed by atoms with E-state index in [2.05, 4.69) is 21.5 Å². The number of allylic oxidation sites excluding steroid dienone is 1. The van der Waals surface area contributed by atoms with E-state index in [1.807, 2.05) is 0 Å². The number of nitrogens with one attached hydrogen (secondary N) is 1. The summed E-state index contributed by atoms with van der Waals surface area (Å²) in [6.45, 7) is 0.785. The zero-order chi connectivity index (χ0) is 15.4. The summed E-state index contributed by atoms with van der Waals surface area (Å²) in [4.78, 5) is 14.4. The minimum atomic E-state index is -0.479. The predicted molar refractivity (Wildman–Crippen MR) is 83.9 cm³/mol. The first-order chi connectivity index (χ1) is 10.7. The monoisotopic (exact) mass is 301 g/mol. The fourth-order valence-electron chi connectivity index (χ4n) is 2.74. The average Bonchev–Trinajstić information content (AvgIpc) is 2.76. The van der Waals surface area contributed by atoms with Gasteiger partial charge in [-0.2, -0.15) is 0 Å². The molecule has 0 radical (unpaired) electrons. The lowest BCUT2D eigenvalue weighted by molar-refractivity contribution is -0.391. The summed E-state index contributed by atoms with van der Waals surface area (Å²) in [5, 5.41) is 18.4. The van der Waals surface area contributed by atoms with Crippen molar-refractivity contribution in [1.82, 2.24) is 14.6 Å². The highest BCUT2D eigenvalue weighted by molar-refractivity contribution is 5.48. The number of fused-ring (bicyclic) bond motifs is 1. The Morgan fingerprint density at radius 3 is 3.09 bits per heavy atom. The van der Waals surface area contributed by atoms with Crippen LogP contribution in [-0.4, -0.2) is 26.1 Å². The lowest BCUT2D eigenvalue weighted by Crippen LogP contribution is -2.07. The molecule has 0 amide bonds. The van der Waals surface area contributed by atoms with E-state index in [-0.39, 0.29) is 5.82 Å². The van der Waals surface area contributed by atoms with Crippen LogP contribution in [-0.2, 0) is 0 Å². The van der Waals surface area contributed by atoms with Crippen molar-refractivity contribution in [2.75, 3.05) is 11.9 Å². The van der Waals surface area contributed by atoms with Crippen LogP contribution in [0, 0.1) is 10.1 Å². The molecular formula is C15H19N5O2. The fourth-order valence-corrected chi connectivity index (χ4v) is 2.74. The Morgan fingerprint density at radius 1 is 1.32 bits per heavy atom. The molecular weight excluding hydrogens is 282 g/mol. The van der Waals surface area contributed by atoms with Crippen LogP contribution in [0.1, 0.15) is 38.5 Å². The summed E-state index contributed by atoms with van der Waals surface area (Å²) in [5.41, 5.74) is 1.98. The molecule has 1 N–H and O–H groups in total. The standard InChI is InChI=1S/C15H19N5O2/c21-20(22)15-11-17-14-8-7-13(18-19(14)15)16-10-9-12-5-3-1-2-4-6-12/h5,7-8,11H,1-4,6,9-10H2,(H,16,18). The normalized spacial score (nSPS) is 15.4. The number of hydrogen-bond acceptors (Lipinski definition) is 5. The first-order valence-corrected chi connectivity index (χ1v) is 7.65. The van der Waals surface area contributed by atoms with Gasteiger partial charge in [0, 0.05) is 12.6 Å². The molecule has 7 nitrogen and oxygen atoms in total. The van der Waals surface area contributed by atoms with Gasteiger partial charge in [0.15, 0.2) is 5.82 Å². The van der Waals surface area contributed by atoms with Gasteiger partial charge in [0.1, 0.15) is 6.20 Å². The van der Waals surface area contributed by atoms with Crippen LogP contribution in [0.3, 0.4) is 0 Å². The maximum Gasteiger partial charge on any atom is 0.368 e. The third kappa shape index (κ3) is 3.24. The third-order valence-corrected chi connectivity index (χ3v) is 3.92. The molecule has 0 unspecified atom stereocenters. The van der Waals surface area contributed by atoms with Gasteiger partial charge >= 0.3 is 5.82 Å². The Labute approximate surface area is 128 Å². The number of nitrogens with zero attached hydrogens (tertiary/aromatic N) is 4. The number of rotatable bonds is 5. The second kappa shape index (κ2) is 6.55. The lowest BCUT2D eigenvalue weighted by Gasteiger charge is -2.07. The van der Waals surface area contributed by atoms with Crippen molar-refractivity contribution in [3.8, 4) is 0 Å². The first-order valence-electron chi connectivity index (χ1n) is 7.65. The zero-order valence-corrected chi connectivity index (χ0v) is 12.4. The van der Waals surface area contributed by atoms with Crippen molar-refractivity contribution < 1.29 is 4.92 Å². The van der Waals surface area contributed by atoms with E-state index in [1.165, 1.54) is 48.4 Å². The van der Waals surface area contributed by atoms with Crippen LogP contribution in [0.25, 0.3) is 5.65 Å². The Bertz CT molecular complexity index is 707. The molecule has 3 rings (SSSR count). The summed E-state index contributed by atoms with van der Waals surface area (Å²) < 4.78 is 1.26. The third-order valence-electron chi connectivity index (χ3n) is 3.92. The van der Waals surface area contributed by atoms with Gasteiger partial charge in [-0.05, 0) is 43.1 Å².